The topological polar surface area (TPSA) is 6.25 Å². The van der Waals surface area contributed by atoms with E-state index in [-0.39, 0.29) is 10.8 Å². The zero-order valence-electron chi connectivity index (χ0n) is 21.2. The Morgan fingerprint density at radius 2 is 1.51 bits per heavy atom. The maximum atomic E-state index is 2.44. The molecular weight excluding hydrogens is 424 g/mol. The Balaban J connectivity index is 1.41. The molecule has 1 fully saturated rings. The molecule has 176 valence electrons. The summed E-state index contributed by atoms with van der Waals surface area (Å²) >= 11 is 0. The molecule has 0 N–H and O–H groups in total. The van der Waals surface area contributed by atoms with E-state index in [2.05, 4.69) is 128 Å². The van der Waals surface area contributed by atoms with Crippen LogP contribution < -0.4 is 4.90 Å². The quantitative estimate of drug-likeness (QED) is 0.371. The number of nitrogens with zero attached hydrogens (tertiary/aromatic N) is 2. The summed E-state index contributed by atoms with van der Waals surface area (Å²) in [6.07, 6.45) is 13.2. The molecule has 1 unspecified atom stereocenters. The normalized spacial score (nSPS) is 23.6. The van der Waals surface area contributed by atoms with Crippen molar-refractivity contribution in [2.45, 2.75) is 49.9 Å². The third kappa shape index (κ3) is 3.34. The fourth-order valence-corrected chi connectivity index (χ4v) is 7.12. The Morgan fingerprint density at radius 3 is 2.29 bits per heavy atom. The summed E-state index contributed by atoms with van der Waals surface area (Å²) in [7, 11) is 4.47. The van der Waals surface area contributed by atoms with Gasteiger partial charge in [-0.25, -0.2) is 0 Å². The summed E-state index contributed by atoms with van der Waals surface area (Å²) in [4.78, 5) is 2.39. The minimum Gasteiger partial charge on any atom is -0.347 e. The molecular formula is C33H35N2+. The second kappa shape index (κ2) is 8.37. The van der Waals surface area contributed by atoms with Gasteiger partial charge in [0.05, 0.1) is 5.41 Å². The Bertz CT molecular complexity index is 1350. The van der Waals surface area contributed by atoms with E-state index in [4.69, 9.17) is 0 Å². The van der Waals surface area contributed by atoms with Gasteiger partial charge in [0.15, 0.2) is 5.71 Å². The average molecular weight is 460 g/mol. The lowest BCUT2D eigenvalue weighted by molar-refractivity contribution is -0.401. The molecule has 0 amide bonds. The minimum atomic E-state index is -0.0721. The lowest BCUT2D eigenvalue weighted by atomic mass is 9.75. The zero-order chi connectivity index (χ0) is 24.0. The molecule has 1 aliphatic carbocycles. The molecule has 0 saturated heterocycles. The molecule has 0 bridgehead atoms. The lowest BCUT2D eigenvalue weighted by Gasteiger charge is -2.29. The highest BCUT2D eigenvalue weighted by atomic mass is 15.2. The van der Waals surface area contributed by atoms with E-state index >= 15 is 0 Å². The van der Waals surface area contributed by atoms with Crippen LogP contribution in [0.4, 0.5) is 11.4 Å². The SMILES string of the molecule is CN1C(=CC=CC2=[N+](C)c3ccccc3C23CCCC3)C(C)(Cc2ccccc2)c2ccccc21. The van der Waals surface area contributed by atoms with Crippen molar-refractivity contribution in [2.75, 3.05) is 19.0 Å². The van der Waals surface area contributed by atoms with Gasteiger partial charge in [0.2, 0.25) is 5.69 Å². The molecule has 3 aromatic rings. The second-order valence-corrected chi connectivity index (χ2v) is 10.7. The number of anilines is 1. The zero-order valence-corrected chi connectivity index (χ0v) is 21.2. The number of rotatable bonds is 4. The van der Waals surface area contributed by atoms with Crippen LogP contribution in [-0.2, 0) is 17.3 Å². The van der Waals surface area contributed by atoms with E-state index in [1.807, 2.05) is 0 Å². The number of benzene rings is 3. The van der Waals surface area contributed by atoms with E-state index in [1.165, 1.54) is 65.2 Å². The summed E-state index contributed by atoms with van der Waals surface area (Å²) in [5.74, 6) is 0. The van der Waals surface area contributed by atoms with Crippen molar-refractivity contribution in [1.82, 2.24) is 0 Å². The van der Waals surface area contributed by atoms with Gasteiger partial charge in [-0.3, -0.25) is 0 Å². The number of hydrogen-bond acceptors (Lipinski definition) is 1. The first-order valence-electron chi connectivity index (χ1n) is 13.0. The highest BCUT2D eigenvalue weighted by Crippen LogP contribution is 2.51. The maximum absolute atomic E-state index is 2.44. The van der Waals surface area contributed by atoms with Crippen molar-refractivity contribution >= 4 is 17.1 Å². The van der Waals surface area contributed by atoms with Crippen molar-refractivity contribution in [2.24, 2.45) is 0 Å². The van der Waals surface area contributed by atoms with Crippen LogP contribution in [0, 0.1) is 0 Å². The van der Waals surface area contributed by atoms with Crippen molar-refractivity contribution in [3.05, 3.63) is 119 Å². The number of hydrogen-bond donors (Lipinski definition) is 0. The van der Waals surface area contributed by atoms with Gasteiger partial charge >= 0.3 is 0 Å². The van der Waals surface area contributed by atoms with Crippen LogP contribution in [0.2, 0.25) is 0 Å². The van der Waals surface area contributed by atoms with E-state index in [1.54, 1.807) is 0 Å². The molecule has 1 spiro atoms. The third-order valence-corrected chi connectivity index (χ3v) is 8.78. The first kappa shape index (κ1) is 22.1. The molecule has 1 atom stereocenters. The standard InChI is InChI=1S/C33H35N2/c1-32(24-25-14-5-4-6-15-25)26-16-7-9-18-28(26)34(2)30(32)20-13-21-31-33(22-11-12-23-33)27-17-8-10-19-29(27)35(31)3/h4-10,13-21H,11-12,22-24H2,1-3H3/q+1. The highest BCUT2D eigenvalue weighted by Gasteiger charge is 2.51. The smallest absolute Gasteiger partial charge is 0.209 e. The number of likely N-dealkylation sites (N-methyl/N-ethyl adjacent to an activating group) is 1. The predicted octanol–water partition coefficient (Wildman–Crippen LogP) is 7.32. The summed E-state index contributed by atoms with van der Waals surface area (Å²) in [5, 5.41) is 0. The largest absolute Gasteiger partial charge is 0.347 e. The molecule has 35 heavy (non-hydrogen) atoms. The van der Waals surface area contributed by atoms with Crippen molar-refractivity contribution in [3.63, 3.8) is 0 Å². The van der Waals surface area contributed by atoms with Gasteiger partial charge in [-0.2, -0.15) is 4.58 Å². The summed E-state index contributed by atoms with van der Waals surface area (Å²) < 4.78 is 2.44. The first-order chi connectivity index (χ1) is 17.0. The van der Waals surface area contributed by atoms with Crippen LogP contribution in [0.1, 0.15) is 49.3 Å². The average Bonchev–Trinajstić information content (AvgIpc) is 3.52. The highest BCUT2D eigenvalue weighted by molar-refractivity contribution is 6.04. The summed E-state index contributed by atoms with van der Waals surface area (Å²) in [6, 6.07) is 28.8. The number of fused-ring (bicyclic) bond motifs is 3. The number of allylic oxidation sites excluding steroid dienone is 4. The summed E-state index contributed by atoms with van der Waals surface area (Å²) in [6.45, 7) is 2.41. The van der Waals surface area contributed by atoms with Crippen LogP contribution in [0.15, 0.2) is 103 Å². The van der Waals surface area contributed by atoms with Crippen LogP contribution in [0.3, 0.4) is 0 Å². The number of para-hydroxylation sites is 2. The minimum absolute atomic E-state index is 0.0721. The van der Waals surface area contributed by atoms with Gasteiger partial charge in [0.25, 0.3) is 0 Å². The van der Waals surface area contributed by atoms with Gasteiger partial charge in [-0.15, -0.1) is 0 Å². The predicted molar refractivity (Wildman–Crippen MR) is 147 cm³/mol. The molecule has 2 aliphatic heterocycles. The van der Waals surface area contributed by atoms with Gasteiger partial charge in [0.1, 0.15) is 7.05 Å². The van der Waals surface area contributed by atoms with Crippen molar-refractivity contribution < 1.29 is 4.58 Å². The van der Waals surface area contributed by atoms with Gasteiger partial charge < -0.3 is 4.90 Å². The fraction of sp³-hybridized carbons (Fsp3) is 0.303. The Morgan fingerprint density at radius 1 is 0.857 bits per heavy atom. The van der Waals surface area contributed by atoms with Crippen LogP contribution >= 0.6 is 0 Å². The van der Waals surface area contributed by atoms with Gasteiger partial charge in [0, 0.05) is 41.6 Å². The molecule has 3 aliphatic rings. The monoisotopic (exact) mass is 459 g/mol. The fourth-order valence-electron chi connectivity index (χ4n) is 7.12. The summed E-state index contributed by atoms with van der Waals surface area (Å²) in [5.41, 5.74) is 9.92. The Hall–Kier alpha value is -3.39. The molecule has 2 heteroatoms. The van der Waals surface area contributed by atoms with E-state index in [0.29, 0.717) is 0 Å². The molecule has 1 saturated carbocycles. The van der Waals surface area contributed by atoms with Crippen molar-refractivity contribution in [1.29, 1.82) is 0 Å². The van der Waals surface area contributed by atoms with Gasteiger partial charge in [-0.05, 0) is 49.5 Å². The third-order valence-electron chi connectivity index (χ3n) is 8.78. The molecule has 0 radical (unpaired) electrons. The molecule has 3 aromatic carbocycles. The first-order valence-corrected chi connectivity index (χ1v) is 13.0. The second-order valence-electron chi connectivity index (χ2n) is 10.7. The molecule has 2 heterocycles. The Labute approximate surface area is 209 Å². The molecule has 0 aromatic heterocycles. The molecule has 2 nitrogen and oxygen atoms in total. The van der Waals surface area contributed by atoms with Crippen LogP contribution in [0.5, 0.6) is 0 Å². The lowest BCUT2D eigenvalue weighted by Crippen LogP contribution is -2.31. The van der Waals surface area contributed by atoms with Crippen LogP contribution in [0.25, 0.3) is 0 Å². The van der Waals surface area contributed by atoms with E-state index in [0.717, 1.165) is 6.42 Å². The maximum Gasteiger partial charge on any atom is 0.209 e. The van der Waals surface area contributed by atoms with E-state index in [9.17, 15) is 0 Å². The van der Waals surface area contributed by atoms with E-state index < -0.39 is 0 Å². The van der Waals surface area contributed by atoms with Crippen LogP contribution in [-0.4, -0.2) is 24.4 Å². The Kier molecular flexibility index (Phi) is 5.29. The molecule has 6 rings (SSSR count). The van der Waals surface area contributed by atoms with Crippen molar-refractivity contribution in [3.8, 4) is 0 Å². The van der Waals surface area contributed by atoms with Gasteiger partial charge in [-0.1, -0.05) is 85.6 Å².